The van der Waals surface area contributed by atoms with Gasteiger partial charge < -0.3 is 9.47 Å². The van der Waals surface area contributed by atoms with Crippen molar-refractivity contribution in [3.63, 3.8) is 0 Å². The van der Waals surface area contributed by atoms with Crippen molar-refractivity contribution in [1.29, 1.82) is 0 Å². The van der Waals surface area contributed by atoms with E-state index in [9.17, 15) is 9.18 Å². The van der Waals surface area contributed by atoms with Gasteiger partial charge in [0.2, 0.25) is 0 Å². The van der Waals surface area contributed by atoms with Crippen molar-refractivity contribution in [3.8, 4) is 5.75 Å². The van der Waals surface area contributed by atoms with Gasteiger partial charge in [0.1, 0.15) is 23.3 Å². The van der Waals surface area contributed by atoms with Gasteiger partial charge in [-0.25, -0.2) is 9.18 Å². The molecule has 0 spiro atoms. The van der Waals surface area contributed by atoms with Crippen LogP contribution in [0, 0.1) is 17.7 Å². The van der Waals surface area contributed by atoms with Gasteiger partial charge in [0.15, 0.2) is 0 Å². The molecular weight excluding hydrogens is 319 g/mol. The van der Waals surface area contributed by atoms with E-state index in [1.807, 2.05) is 0 Å². The minimum absolute atomic E-state index is 0.109. The second-order valence-corrected chi connectivity index (χ2v) is 8.00. The van der Waals surface area contributed by atoms with E-state index >= 15 is 0 Å². The molecule has 3 atom stereocenters. The first-order valence-corrected chi connectivity index (χ1v) is 8.50. The first kappa shape index (κ1) is 16.6. The number of ether oxygens (including phenoxy) is 2. The van der Waals surface area contributed by atoms with Gasteiger partial charge in [0, 0.05) is 6.07 Å². The summed E-state index contributed by atoms with van der Waals surface area (Å²) in [6.45, 7) is 5.20. The number of rotatable bonds is 3. The number of hydrogen-bond donors (Lipinski definition) is 0. The number of esters is 1. The SMILES string of the molecule is CC(C)(C)OC(=O)c1cc(Cl)c(O[C@H]2C[C@@H]3CC[C@H]2C3)cc1F. The molecular formula is C18H22ClFO3. The van der Waals surface area contributed by atoms with E-state index < -0.39 is 17.4 Å². The van der Waals surface area contributed by atoms with E-state index in [1.165, 1.54) is 31.4 Å². The Morgan fingerprint density at radius 2 is 2.00 bits per heavy atom. The third-order valence-electron chi connectivity index (χ3n) is 4.59. The van der Waals surface area contributed by atoms with Crippen LogP contribution in [0.15, 0.2) is 12.1 Å². The maximum absolute atomic E-state index is 14.3. The Kier molecular flexibility index (Phi) is 4.30. The molecule has 2 saturated carbocycles. The van der Waals surface area contributed by atoms with Crippen LogP contribution in [0.1, 0.15) is 56.8 Å². The number of benzene rings is 1. The highest BCUT2D eigenvalue weighted by Gasteiger charge is 2.41. The summed E-state index contributed by atoms with van der Waals surface area (Å²) >= 11 is 6.20. The van der Waals surface area contributed by atoms with E-state index in [0.29, 0.717) is 11.7 Å². The summed E-state index contributed by atoms with van der Waals surface area (Å²) in [6.07, 6.45) is 4.75. The molecule has 0 aliphatic heterocycles. The third kappa shape index (κ3) is 3.63. The predicted molar refractivity (Wildman–Crippen MR) is 86.4 cm³/mol. The Balaban J connectivity index is 1.76. The molecule has 2 aliphatic rings. The van der Waals surface area contributed by atoms with Crippen molar-refractivity contribution < 1.29 is 18.7 Å². The molecule has 1 aromatic rings. The molecule has 2 aliphatic carbocycles. The van der Waals surface area contributed by atoms with Crippen molar-refractivity contribution in [3.05, 3.63) is 28.5 Å². The van der Waals surface area contributed by atoms with Gasteiger partial charge in [0.25, 0.3) is 0 Å². The molecule has 0 unspecified atom stereocenters. The Morgan fingerprint density at radius 3 is 2.57 bits per heavy atom. The molecule has 2 fully saturated rings. The fourth-order valence-corrected chi connectivity index (χ4v) is 3.81. The zero-order valence-electron chi connectivity index (χ0n) is 13.7. The Morgan fingerprint density at radius 1 is 1.26 bits per heavy atom. The van der Waals surface area contributed by atoms with Crippen molar-refractivity contribution in [1.82, 2.24) is 0 Å². The van der Waals surface area contributed by atoms with Gasteiger partial charge in [0.05, 0.1) is 10.6 Å². The van der Waals surface area contributed by atoms with Crippen molar-refractivity contribution in [2.45, 2.75) is 58.2 Å². The van der Waals surface area contributed by atoms with Crippen LogP contribution in [0.4, 0.5) is 4.39 Å². The largest absolute Gasteiger partial charge is 0.488 e. The number of fused-ring (bicyclic) bond motifs is 2. The Hall–Kier alpha value is -1.29. The van der Waals surface area contributed by atoms with Gasteiger partial charge >= 0.3 is 5.97 Å². The maximum Gasteiger partial charge on any atom is 0.341 e. The highest BCUT2D eigenvalue weighted by atomic mass is 35.5. The van der Waals surface area contributed by atoms with Gasteiger partial charge in [-0.15, -0.1) is 0 Å². The lowest BCUT2D eigenvalue weighted by Gasteiger charge is -2.24. The van der Waals surface area contributed by atoms with Crippen LogP contribution in [-0.2, 0) is 4.74 Å². The lowest BCUT2D eigenvalue weighted by Crippen LogP contribution is -2.25. The van der Waals surface area contributed by atoms with Crippen LogP contribution >= 0.6 is 11.6 Å². The molecule has 3 rings (SSSR count). The summed E-state index contributed by atoms with van der Waals surface area (Å²) in [5.74, 6) is 0.207. The molecule has 5 heteroatoms. The fraction of sp³-hybridized carbons (Fsp3) is 0.611. The first-order chi connectivity index (χ1) is 10.7. The van der Waals surface area contributed by atoms with Crippen LogP contribution in [0.2, 0.25) is 5.02 Å². The average molecular weight is 341 g/mol. The van der Waals surface area contributed by atoms with Crippen molar-refractivity contribution in [2.24, 2.45) is 11.8 Å². The smallest absolute Gasteiger partial charge is 0.341 e. The van der Waals surface area contributed by atoms with E-state index in [4.69, 9.17) is 21.1 Å². The highest BCUT2D eigenvalue weighted by Crippen LogP contribution is 2.46. The molecule has 23 heavy (non-hydrogen) atoms. The van der Waals surface area contributed by atoms with Crippen molar-refractivity contribution >= 4 is 17.6 Å². The van der Waals surface area contributed by atoms with Crippen LogP contribution in [0.5, 0.6) is 5.75 Å². The monoisotopic (exact) mass is 340 g/mol. The van der Waals surface area contributed by atoms with Gasteiger partial charge in [-0.05, 0) is 64.4 Å². The molecule has 0 saturated heterocycles. The molecule has 0 aromatic heterocycles. The quantitative estimate of drug-likeness (QED) is 0.726. The molecule has 2 bridgehead atoms. The lowest BCUT2D eigenvalue weighted by atomic mass is 9.98. The summed E-state index contributed by atoms with van der Waals surface area (Å²) in [6, 6.07) is 2.50. The minimum Gasteiger partial charge on any atom is -0.488 e. The number of hydrogen-bond acceptors (Lipinski definition) is 3. The van der Waals surface area contributed by atoms with E-state index in [1.54, 1.807) is 20.8 Å². The number of halogens is 2. The summed E-state index contributed by atoms with van der Waals surface area (Å²) < 4.78 is 25.4. The van der Waals surface area contributed by atoms with Gasteiger partial charge in [-0.2, -0.15) is 0 Å². The van der Waals surface area contributed by atoms with Crippen LogP contribution in [-0.4, -0.2) is 17.7 Å². The molecule has 0 N–H and O–H groups in total. The number of carbonyl (C=O) groups is 1. The minimum atomic E-state index is -0.719. The zero-order valence-corrected chi connectivity index (χ0v) is 14.5. The Labute approximate surface area is 141 Å². The van der Waals surface area contributed by atoms with E-state index in [-0.39, 0.29) is 16.7 Å². The molecule has 0 radical (unpaired) electrons. The normalized spacial score (nSPS) is 26.4. The second kappa shape index (κ2) is 5.97. The van der Waals surface area contributed by atoms with Crippen LogP contribution < -0.4 is 4.74 Å². The van der Waals surface area contributed by atoms with Crippen LogP contribution in [0.25, 0.3) is 0 Å². The molecule has 0 amide bonds. The Bertz CT molecular complexity index is 623. The van der Waals surface area contributed by atoms with E-state index in [2.05, 4.69) is 0 Å². The first-order valence-electron chi connectivity index (χ1n) is 8.12. The van der Waals surface area contributed by atoms with Gasteiger partial charge in [-0.3, -0.25) is 0 Å². The standard InChI is InChI=1S/C18H22ClFO3/c1-18(2,3)23-17(21)12-8-13(19)16(9-14(12)20)22-15-7-10-4-5-11(15)6-10/h8-11,15H,4-7H2,1-3H3/t10-,11+,15+/m1/s1. The van der Waals surface area contributed by atoms with Crippen molar-refractivity contribution in [2.75, 3.05) is 0 Å². The second-order valence-electron chi connectivity index (χ2n) is 7.60. The lowest BCUT2D eigenvalue weighted by molar-refractivity contribution is 0.00646. The summed E-state index contributed by atoms with van der Waals surface area (Å²) in [5.41, 5.74) is -0.848. The summed E-state index contributed by atoms with van der Waals surface area (Å²) in [5, 5.41) is 0.245. The van der Waals surface area contributed by atoms with Gasteiger partial charge in [-0.1, -0.05) is 11.6 Å². The molecule has 1 aromatic carbocycles. The molecule has 126 valence electrons. The third-order valence-corrected chi connectivity index (χ3v) is 4.89. The summed E-state index contributed by atoms with van der Waals surface area (Å²) in [4.78, 5) is 12.0. The summed E-state index contributed by atoms with van der Waals surface area (Å²) in [7, 11) is 0. The topological polar surface area (TPSA) is 35.5 Å². The fourth-order valence-electron chi connectivity index (χ4n) is 3.60. The predicted octanol–water partition coefficient (Wildman–Crippen LogP) is 5.00. The average Bonchev–Trinajstić information content (AvgIpc) is 3.02. The maximum atomic E-state index is 14.3. The molecule has 3 nitrogen and oxygen atoms in total. The number of carbonyl (C=O) groups excluding carboxylic acids is 1. The molecule has 0 heterocycles. The zero-order chi connectivity index (χ0) is 16.8. The highest BCUT2D eigenvalue weighted by molar-refractivity contribution is 6.32. The van der Waals surface area contributed by atoms with Crippen LogP contribution in [0.3, 0.4) is 0 Å². The van der Waals surface area contributed by atoms with E-state index in [0.717, 1.165) is 12.3 Å².